The summed E-state index contributed by atoms with van der Waals surface area (Å²) in [5.74, 6) is 0.00547. The number of esters is 1. The predicted octanol–water partition coefficient (Wildman–Crippen LogP) is 4.38. The minimum absolute atomic E-state index is 0.195. The van der Waals surface area contributed by atoms with E-state index in [2.05, 4.69) is 0 Å². The van der Waals surface area contributed by atoms with E-state index in [1.165, 1.54) is 0 Å². The van der Waals surface area contributed by atoms with Crippen molar-refractivity contribution in [2.24, 2.45) is 0 Å². The highest BCUT2D eigenvalue weighted by molar-refractivity contribution is 6.05. The molecule has 0 aliphatic carbocycles. The van der Waals surface area contributed by atoms with Crippen LogP contribution in [-0.2, 0) is 16.1 Å². The fourth-order valence-corrected chi connectivity index (χ4v) is 3.13. The maximum Gasteiger partial charge on any atom is 0.344 e. The maximum absolute atomic E-state index is 12.3. The molecule has 1 heterocycles. The Labute approximate surface area is 161 Å². The standard InChI is InChI=1S/C23H18O5/c1-15-20(26-14-21(24)27-13-16-7-3-2-4-8-16)12-11-18-17-9-5-6-10-19(17)23(25)28-22(15)18/h2-12H,13-14H2,1H3. The summed E-state index contributed by atoms with van der Waals surface area (Å²) in [5.41, 5.74) is 1.63. The zero-order valence-electron chi connectivity index (χ0n) is 15.3. The Morgan fingerprint density at radius 2 is 1.61 bits per heavy atom. The first-order valence-electron chi connectivity index (χ1n) is 8.91. The van der Waals surface area contributed by atoms with Crippen molar-refractivity contribution in [3.63, 3.8) is 0 Å². The molecule has 0 radical (unpaired) electrons. The average Bonchev–Trinajstić information content (AvgIpc) is 2.73. The molecule has 0 spiro atoms. The highest BCUT2D eigenvalue weighted by Crippen LogP contribution is 2.30. The molecule has 0 aliphatic rings. The molecule has 0 saturated carbocycles. The van der Waals surface area contributed by atoms with E-state index in [1.54, 1.807) is 25.1 Å². The van der Waals surface area contributed by atoms with Crippen LogP contribution < -0.4 is 10.4 Å². The minimum Gasteiger partial charge on any atom is -0.481 e. The van der Waals surface area contributed by atoms with Gasteiger partial charge in [0, 0.05) is 10.9 Å². The van der Waals surface area contributed by atoms with Gasteiger partial charge in [0.25, 0.3) is 0 Å². The van der Waals surface area contributed by atoms with Crippen LogP contribution >= 0.6 is 0 Å². The van der Waals surface area contributed by atoms with Crippen LogP contribution in [0.1, 0.15) is 11.1 Å². The molecule has 4 rings (SSSR count). The van der Waals surface area contributed by atoms with Crippen molar-refractivity contribution >= 4 is 27.7 Å². The molecule has 5 heteroatoms. The Morgan fingerprint density at radius 3 is 2.39 bits per heavy atom. The molecular weight excluding hydrogens is 356 g/mol. The summed E-state index contributed by atoms with van der Waals surface area (Å²) in [6.07, 6.45) is 0. The smallest absolute Gasteiger partial charge is 0.344 e. The van der Waals surface area contributed by atoms with E-state index < -0.39 is 11.6 Å². The van der Waals surface area contributed by atoms with Gasteiger partial charge in [0.15, 0.2) is 6.61 Å². The summed E-state index contributed by atoms with van der Waals surface area (Å²) in [6, 6.07) is 20.3. The second kappa shape index (κ2) is 7.56. The third-order valence-corrected chi connectivity index (χ3v) is 4.58. The Morgan fingerprint density at radius 1 is 0.893 bits per heavy atom. The van der Waals surface area contributed by atoms with Gasteiger partial charge >= 0.3 is 11.6 Å². The lowest BCUT2D eigenvalue weighted by Gasteiger charge is -2.11. The molecule has 140 valence electrons. The molecule has 0 bridgehead atoms. The van der Waals surface area contributed by atoms with Crippen LogP contribution in [-0.4, -0.2) is 12.6 Å². The van der Waals surface area contributed by atoms with Crippen molar-refractivity contribution < 1.29 is 18.7 Å². The van der Waals surface area contributed by atoms with Gasteiger partial charge in [-0.3, -0.25) is 0 Å². The summed E-state index contributed by atoms with van der Waals surface area (Å²) in [6.45, 7) is 1.77. The lowest BCUT2D eigenvalue weighted by Crippen LogP contribution is -2.15. The van der Waals surface area contributed by atoms with Gasteiger partial charge in [-0.1, -0.05) is 48.5 Å². The van der Waals surface area contributed by atoms with Gasteiger partial charge < -0.3 is 13.9 Å². The topological polar surface area (TPSA) is 65.7 Å². The number of carbonyl (C=O) groups excluding carboxylic acids is 1. The van der Waals surface area contributed by atoms with Gasteiger partial charge in [0.2, 0.25) is 0 Å². The molecule has 1 aromatic heterocycles. The molecule has 28 heavy (non-hydrogen) atoms. The van der Waals surface area contributed by atoms with Crippen LogP contribution in [0.25, 0.3) is 21.7 Å². The predicted molar refractivity (Wildman–Crippen MR) is 106 cm³/mol. The second-order valence-electron chi connectivity index (χ2n) is 6.44. The van der Waals surface area contributed by atoms with Gasteiger partial charge in [-0.2, -0.15) is 0 Å². The van der Waals surface area contributed by atoms with Crippen molar-refractivity contribution in [1.29, 1.82) is 0 Å². The van der Waals surface area contributed by atoms with Crippen LogP contribution in [0.4, 0.5) is 0 Å². The molecule has 0 atom stereocenters. The molecule has 0 N–H and O–H groups in total. The largest absolute Gasteiger partial charge is 0.481 e. The van der Waals surface area contributed by atoms with Gasteiger partial charge in [0.1, 0.15) is 17.9 Å². The fraction of sp³-hybridized carbons (Fsp3) is 0.130. The Bertz CT molecular complexity index is 1210. The minimum atomic E-state index is -0.469. The van der Waals surface area contributed by atoms with Gasteiger partial charge in [-0.25, -0.2) is 9.59 Å². The number of rotatable bonds is 5. The van der Waals surface area contributed by atoms with E-state index >= 15 is 0 Å². The fourth-order valence-electron chi connectivity index (χ4n) is 3.13. The lowest BCUT2D eigenvalue weighted by atomic mass is 10.0. The number of benzene rings is 3. The van der Waals surface area contributed by atoms with Crippen molar-refractivity contribution in [2.75, 3.05) is 6.61 Å². The van der Waals surface area contributed by atoms with Crippen molar-refractivity contribution in [3.05, 3.63) is 88.3 Å². The van der Waals surface area contributed by atoms with Crippen LogP contribution in [0.2, 0.25) is 0 Å². The molecule has 3 aromatic carbocycles. The molecule has 0 unspecified atom stereocenters. The summed E-state index contributed by atoms with van der Waals surface area (Å²) in [4.78, 5) is 24.2. The van der Waals surface area contributed by atoms with E-state index in [-0.39, 0.29) is 13.2 Å². The Balaban J connectivity index is 1.53. The molecule has 4 aromatic rings. The zero-order valence-corrected chi connectivity index (χ0v) is 15.3. The van der Waals surface area contributed by atoms with Crippen molar-refractivity contribution in [1.82, 2.24) is 0 Å². The molecule has 0 amide bonds. The SMILES string of the molecule is Cc1c(OCC(=O)OCc2ccccc2)ccc2c1oc(=O)c1ccccc12. The van der Waals surface area contributed by atoms with E-state index in [0.717, 1.165) is 16.3 Å². The van der Waals surface area contributed by atoms with E-state index in [0.29, 0.717) is 22.3 Å². The Kier molecular flexibility index (Phi) is 4.81. The number of hydrogen-bond donors (Lipinski definition) is 0. The summed E-state index contributed by atoms with van der Waals surface area (Å²) < 4.78 is 16.3. The van der Waals surface area contributed by atoms with Crippen molar-refractivity contribution in [3.8, 4) is 5.75 Å². The van der Waals surface area contributed by atoms with Crippen LogP contribution in [0.5, 0.6) is 5.75 Å². The van der Waals surface area contributed by atoms with E-state index in [9.17, 15) is 9.59 Å². The number of ether oxygens (including phenoxy) is 2. The lowest BCUT2D eigenvalue weighted by molar-refractivity contribution is -0.147. The molecule has 0 saturated heterocycles. The van der Waals surface area contributed by atoms with Gasteiger partial charge in [-0.15, -0.1) is 0 Å². The Hall–Kier alpha value is -3.60. The summed E-state index contributed by atoms with van der Waals surface area (Å²) in [7, 11) is 0. The number of aryl methyl sites for hydroxylation is 1. The first-order chi connectivity index (χ1) is 13.6. The highest BCUT2D eigenvalue weighted by atomic mass is 16.6. The summed E-state index contributed by atoms with van der Waals surface area (Å²) in [5, 5.41) is 2.19. The first-order valence-corrected chi connectivity index (χ1v) is 8.91. The third-order valence-electron chi connectivity index (χ3n) is 4.58. The van der Waals surface area contributed by atoms with Gasteiger partial charge in [0.05, 0.1) is 5.39 Å². The zero-order chi connectivity index (χ0) is 19.5. The maximum atomic E-state index is 12.3. The van der Waals surface area contributed by atoms with Crippen LogP contribution in [0.3, 0.4) is 0 Å². The molecule has 5 nitrogen and oxygen atoms in total. The summed E-state index contributed by atoms with van der Waals surface area (Å²) >= 11 is 0. The first kappa shape index (κ1) is 17.8. The van der Waals surface area contributed by atoms with Crippen LogP contribution in [0, 0.1) is 6.92 Å². The number of fused-ring (bicyclic) bond motifs is 3. The average molecular weight is 374 g/mol. The molecule has 0 fully saturated rings. The molecular formula is C23H18O5. The monoisotopic (exact) mass is 374 g/mol. The van der Waals surface area contributed by atoms with Crippen LogP contribution in [0.15, 0.2) is 75.9 Å². The van der Waals surface area contributed by atoms with Crippen molar-refractivity contribution in [2.45, 2.75) is 13.5 Å². The third kappa shape index (κ3) is 3.47. The number of carbonyl (C=O) groups is 1. The molecule has 0 aliphatic heterocycles. The van der Waals surface area contributed by atoms with E-state index in [4.69, 9.17) is 13.9 Å². The quantitative estimate of drug-likeness (QED) is 0.295. The van der Waals surface area contributed by atoms with E-state index in [1.807, 2.05) is 48.5 Å². The normalized spacial score (nSPS) is 10.9. The highest BCUT2D eigenvalue weighted by Gasteiger charge is 2.13. The number of hydrogen-bond acceptors (Lipinski definition) is 5. The second-order valence-corrected chi connectivity index (χ2v) is 6.44. The van der Waals surface area contributed by atoms with Gasteiger partial charge in [-0.05, 0) is 36.1 Å².